The molecule has 0 saturated heterocycles. The lowest BCUT2D eigenvalue weighted by Crippen LogP contribution is -2.03. The fraction of sp³-hybridized carbons (Fsp3) is 1.00. The average Bonchev–Trinajstić information content (AvgIpc) is 2.56. The molecule has 1 unspecified atom stereocenters. The Kier molecular flexibility index (Phi) is 89.6. The summed E-state index contributed by atoms with van der Waals surface area (Å²) in [4.78, 5) is 0. The summed E-state index contributed by atoms with van der Waals surface area (Å²) >= 11 is 0. The zero-order chi connectivity index (χ0) is 21.5. The van der Waals surface area contributed by atoms with Crippen LogP contribution in [0, 0.1) is 0 Å². The topological polar surface area (TPSA) is 182 Å². The average molecular weight is 381 g/mol. The Bertz CT molecular complexity index is 124. The van der Waals surface area contributed by atoms with Gasteiger partial charge in [0.2, 0.25) is 0 Å². The van der Waals surface area contributed by atoms with Crippen molar-refractivity contribution in [1.29, 1.82) is 0 Å². The minimum atomic E-state index is -0.560. The summed E-state index contributed by atoms with van der Waals surface area (Å²) in [5.41, 5.74) is 0. The van der Waals surface area contributed by atoms with Crippen LogP contribution < -0.4 is 0 Å². The largest absolute Gasteiger partial charge is 0.397 e. The van der Waals surface area contributed by atoms with Crippen molar-refractivity contribution < 1.29 is 46.0 Å². The fourth-order valence-electron chi connectivity index (χ4n) is 0.0707. The maximum absolute atomic E-state index is 8.11. The molecule has 162 valence electrons. The van der Waals surface area contributed by atoms with Gasteiger partial charge in [0.15, 0.2) is 0 Å². The van der Waals surface area contributed by atoms with E-state index in [1.807, 2.05) is 6.92 Å². The predicted octanol–water partition coefficient (Wildman–Crippen LogP) is -1.53. The Labute approximate surface area is 152 Å². The molecule has 0 aromatic rings. The van der Waals surface area contributed by atoms with E-state index in [9.17, 15) is 0 Å². The Balaban J connectivity index is -0.0000000437. The molecule has 0 rings (SSSR count). The molecule has 9 heteroatoms. The lowest BCUT2D eigenvalue weighted by atomic mass is 10.5. The SMILES string of the molecule is CC(C)O.CC(O)CO.CCCO.CCO.OCCCO.OCCO. The smallest absolute Gasteiger partial charge is 0.0742 e. The number of rotatable bonds is 5. The van der Waals surface area contributed by atoms with E-state index in [2.05, 4.69) is 0 Å². The van der Waals surface area contributed by atoms with Crippen LogP contribution in [0.3, 0.4) is 0 Å². The van der Waals surface area contributed by atoms with E-state index in [0.29, 0.717) is 13.0 Å². The van der Waals surface area contributed by atoms with E-state index < -0.39 is 6.10 Å². The molecule has 0 aliphatic heterocycles. The molecule has 1 atom stereocenters. The molecule has 0 aliphatic rings. The molecular weight excluding hydrogens is 336 g/mol. The van der Waals surface area contributed by atoms with Crippen LogP contribution in [0.15, 0.2) is 0 Å². The minimum Gasteiger partial charge on any atom is -0.397 e. The third kappa shape index (κ3) is 348. The van der Waals surface area contributed by atoms with Gasteiger partial charge in [0.05, 0.1) is 25.9 Å². The number of hydrogen-bond donors (Lipinski definition) is 9. The van der Waals surface area contributed by atoms with E-state index in [1.54, 1.807) is 20.8 Å². The highest BCUT2D eigenvalue weighted by Gasteiger charge is 1.83. The summed E-state index contributed by atoms with van der Waals surface area (Å²) in [5.74, 6) is 0. The third-order valence-electron chi connectivity index (χ3n) is 0.904. The van der Waals surface area contributed by atoms with Crippen LogP contribution in [0.5, 0.6) is 0 Å². The number of aliphatic hydroxyl groups is 9. The van der Waals surface area contributed by atoms with Gasteiger partial charge in [-0.25, -0.2) is 0 Å². The zero-order valence-electron chi connectivity index (χ0n) is 16.5. The molecule has 0 radical (unpaired) electrons. The van der Waals surface area contributed by atoms with E-state index >= 15 is 0 Å². The molecule has 0 heterocycles. The van der Waals surface area contributed by atoms with Gasteiger partial charge >= 0.3 is 0 Å². The summed E-state index contributed by atoms with van der Waals surface area (Å²) in [7, 11) is 0. The molecule has 9 N–H and O–H groups in total. The van der Waals surface area contributed by atoms with Crippen LogP contribution >= 0.6 is 0 Å². The van der Waals surface area contributed by atoms with Crippen LogP contribution in [0.2, 0.25) is 0 Å². The van der Waals surface area contributed by atoms with Gasteiger partial charge in [-0.1, -0.05) is 6.92 Å². The van der Waals surface area contributed by atoms with Gasteiger partial charge in [-0.3, -0.25) is 0 Å². The Hall–Kier alpha value is -0.360. The first-order chi connectivity index (χ1) is 11.7. The highest BCUT2D eigenvalue weighted by molar-refractivity contribution is 4.34. The molecule has 0 saturated carbocycles. The molecule has 0 aromatic heterocycles. The van der Waals surface area contributed by atoms with Gasteiger partial charge < -0.3 is 46.0 Å². The van der Waals surface area contributed by atoms with Crippen LogP contribution in [0.4, 0.5) is 0 Å². The fourth-order valence-corrected chi connectivity index (χ4v) is 0.0707. The number of hydrogen-bond acceptors (Lipinski definition) is 9. The first-order valence-electron chi connectivity index (χ1n) is 8.28. The van der Waals surface area contributed by atoms with Crippen molar-refractivity contribution >= 4 is 0 Å². The van der Waals surface area contributed by atoms with Crippen LogP contribution in [0.1, 0.15) is 47.5 Å². The molecule has 9 nitrogen and oxygen atoms in total. The normalized spacial score (nSPS) is 9.24. The molecule has 25 heavy (non-hydrogen) atoms. The van der Waals surface area contributed by atoms with Crippen molar-refractivity contribution in [2.24, 2.45) is 0 Å². The lowest BCUT2D eigenvalue weighted by molar-refractivity contribution is 0.110. The van der Waals surface area contributed by atoms with E-state index in [-0.39, 0.29) is 45.7 Å². The van der Waals surface area contributed by atoms with Gasteiger partial charge in [-0.15, -0.1) is 0 Å². The standard InChI is InChI=1S/2C3H8O2.2C3H8O.C2H6O2.C2H6O/c1-3(5)2-4;4-2-1-3-5;1-3(2)4;1-2-3-4;3-1-2-4;1-2-3/h3-5H,2H2,1H3;4-5H,1-3H2;3-4H,1-2H3;4H,2-3H2,1H3;3-4H,1-2H2;3H,2H2,1H3. The maximum atomic E-state index is 8.11. The second kappa shape index (κ2) is 56.5. The monoisotopic (exact) mass is 380 g/mol. The second-order valence-corrected chi connectivity index (χ2v) is 4.41. The second-order valence-electron chi connectivity index (χ2n) is 4.41. The van der Waals surface area contributed by atoms with E-state index in [4.69, 9.17) is 46.0 Å². The summed E-state index contributed by atoms with van der Waals surface area (Å²) in [6, 6.07) is 0. The Morgan fingerprint density at radius 2 is 0.800 bits per heavy atom. The molecule has 0 amide bonds. The maximum Gasteiger partial charge on any atom is 0.0742 e. The molecule has 0 aromatic carbocycles. The predicted molar refractivity (Wildman–Crippen MR) is 99.2 cm³/mol. The van der Waals surface area contributed by atoms with Gasteiger partial charge in [-0.2, -0.15) is 0 Å². The quantitative estimate of drug-likeness (QED) is 0.273. The highest BCUT2D eigenvalue weighted by atomic mass is 16.3. The van der Waals surface area contributed by atoms with Crippen molar-refractivity contribution in [1.82, 2.24) is 0 Å². The highest BCUT2D eigenvalue weighted by Crippen LogP contribution is 1.68. The van der Waals surface area contributed by atoms with Gasteiger partial charge in [0.25, 0.3) is 0 Å². The van der Waals surface area contributed by atoms with Crippen molar-refractivity contribution in [2.45, 2.75) is 59.7 Å². The van der Waals surface area contributed by atoms with E-state index in [0.717, 1.165) is 6.42 Å². The third-order valence-corrected chi connectivity index (χ3v) is 0.904. The van der Waals surface area contributed by atoms with Crippen LogP contribution in [-0.2, 0) is 0 Å². The molecule has 0 aliphatic carbocycles. The van der Waals surface area contributed by atoms with Gasteiger partial charge in [0.1, 0.15) is 0 Å². The van der Waals surface area contributed by atoms with Crippen molar-refractivity contribution in [2.75, 3.05) is 46.2 Å². The molecule has 0 fully saturated rings. The minimum absolute atomic E-state index is 0.0938. The van der Waals surface area contributed by atoms with E-state index in [1.165, 1.54) is 6.92 Å². The molecular formula is C16H44O9. The van der Waals surface area contributed by atoms with Crippen LogP contribution in [-0.4, -0.2) is 104 Å². The summed E-state index contributed by atoms with van der Waals surface area (Å²) in [6.45, 7) is 8.95. The lowest BCUT2D eigenvalue weighted by Gasteiger charge is -1.90. The van der Waals surface area contributed by atoms with Crippen molar-refractivity contribution in [3.63, 3.8) is 0 Å². The molecule has 0 bridgehead atoms. The van der Waals surface area contributed by atoms with Crippen LogP contribution in [0.25, 0.3) is 0 Å². The zero-order valence-corrected chi connectivity index (χ0v) is 16.5. The first kappa shape index (κ1) is 39.6. The molecule has 0 spiro atoms. The summed E-state index contributed by atoms with van der Waals surface area (Å²) < 4.78 is 0. The van der Waals surface area contributed by atoms with Gasteiger partial charge in [-0.05, 0) is 40.5 Å². The van der Waals surface area contributed by atoms with Gasteiger partial charge in [0, 0.05) is 32.5 Å². The Morgan fingerprint density at radius 3 is 0.800 bits per heavy atom. The Morgan fingerprint density at radius 1 is 0.600 bits per heavy atom. The number of aliphatic hydroxyl groups excluding tert-OH is 9. The summed E-state index contributed by atoms with van der Waals surface area (Å²) in [5, 5.41) is 70.6. The van der Waals surface area contributed by atoms with Crippen molar-refractivity contribution in [3.05, 3.63) is 0 Å². The van der Waals surface area contributed by atoms with Crippen molar-refractivity contribution in [3.8, 4) is 0 Å². The summed E-state index contributed by atoms with van der Waals surface area (Å²) in [6.07, 6.45) is 0.648. The first-order valence-corrected chi connectivity index (χ1v) is 8.28.